The van der Waals surface area contributed by atoms with Gasteiger partial charge in [0.1, 0.15) is 11.2 Å². The Hall–Kier alpha value is -2.72. The molecule has 148 valence electrons. The fraction of sp³-hybridized carbons (Fsp3) is 0.389. The van der Waals surface area contributed by atoms with Gasteiger partial charge in [0, 0.05) is 19.1 Å². The average Bonchev–Trinajstić information content (AvgIpc) is 3.13. The number of piperidine rings is 1. The summed E-state index contributed by atoms with van der Waals surface area (Å²) in [4.78, 5) is 27.8. The molecule has 4 rings (SSSR count). The van der Waals surface area contributed by atoms with E-state index in [1.54, 1.807) is 35.7 Å². The van der Waals surface area contributed by atoms with Crippen LogP contribution in [0.3, 0.4) is 0 Å². The van der Waals surface area contributed by atoms with Crippen molar-refractivity contribution < 1.29 is 13.2 Å². The number of aromatic amines is 1. The summed E-state index contributed by atoms with van der Waals surface area (Å²) >= 11 is 0. The standard InChI is InChI=1S/C18H21N5O4S/c1-2-28(26,27)22-9-7-12(8-10-22)20-18(25)14-11-19-23-15-6-4-3-5-13(15)17(24)21-16(14)23/h3-6,11-12H,2,7-10H2,1H3,(H,20,25)(H,21,24). The van der Waals surface area contributed by atoms with Gasteiger partial charge < -0.3 is 10.3 Å². The fourth-order valence-electron chi connectivity index (χ4n) is 3.57. The van der Waals surface area contributed by atoms with Crippen molar-refractivity contribution in [3.8, 4) is 0 Å². The number of nitrogens with zero attached hydrogens (tertiary/aromatic N) is 3. The lowest BCUT2D eigenvalue weighted by atomic mass is 10.1. The van der Waals surface area contributed by atoms with Gasteiger partial charge in [-0.25, -0.2) is 17.2 Å². The monoisotopic (exact) mass is 403 g/mol. The predicted molar refractivity (Wildman–Crippen MR) is 105 cm³/mol. The molecular formula is C18H21N5O4S. The molecule has 1 saturated heterocycles. The molecule has 2 aromatic heterocycles. The molecule has 0 aliphatic carbocycles. The first-order chi connectivity index (χ1) is 13.4. The highest BCUT2D eigenvalue weighted by molar-refractivity contribution is 7.89. The molecule has 1 amide bonds. The molecule has 1 aliphatic rings. The first kappa shape index (κ1) is 18.6. The lowest BCUT2D eigenvalue weighted by molar-refractivity contribution is 0.0925. The summed E-state index contributed by atoms with van der Waals surface area (Å²) in [5, 5.41) is 7.69. The smallest absolute Gasteiger partial charge is 0.259 e. The maximum Gasteiger partial charge on any atom is 0.259 e. The summed E-state index contributed by atoms with van der Waals surface area (Å²) in [6.07, 6.45) is 2.52. The number of rotatable bonds is 4. The highest BCUT2D eigenvalue weighted by atomic mass is 32.2. The molecule has 9 nitrogen and oxygen atoms in total. The Balaban J connectivity index is 1.55. The van der Waals surface area contributed by atoms with E-state index < -0.39 is 10.0 Å². The zero-order valence-corrected chi connectivity index (χ0v) is 16.2. The molecule has 3 aromatic rings. The van der Waals surface area contributed by atoms with Crippen molar-refractivity contribution in [3.05, 3.63) is 46.4 Å². The Morgan fingerprint density at radius 1 is 1.29 bits per heavy atom. The van der Waals surface area contributed by atoms with E-state index in [9.17, 15) is 18.0 Å². The van der Waals surface area contributed by atoms with Crippen LogP contribution in [-0.2, 0) is 10.0 Å². The fourth-order valence-corrected chi connectivity index (χ4v) is 4.70. The zero-order valence-electron chi connectivity index (χ0n) is 15.4. The third kappa shape index (κ3) is 3.18. The van der Waals surface area contributed by atoms with Crippen LogP contribution in [0.15, 0.2) is 35.3 Å². The number of hydrogen-bond donors (Lipinski definition) is 2. The first-order valence-electron chi connectivity index (χ1n) is 9.18. The van der Waals surface area contributed by atoms with E-state index in [-0.39, 0.29) is 28.8 Å². The third-order valence-electron chi connectivity index (χ3n) is 5.17. The van der Waals surface area contributed by atoms with Crippen LogP contribution in [0.5, 0.6) is 0 Å². The van der Waals surface area contributed by atoms with Crippen molar-refractivity contribution in [1.82, 2.24) is 24.2 Å². The van der Waals surface area contributed by atoms with E-state index in [1.807, 2.05) is 0 Å². The van der Waals surface area contributed by atoms with Crippen molar-refractivity contribution >= 4 is 32.5 Å². The minimum Gasteiger partial charge on any atom is -0.349 e. The summed E-state index contributed by atoms with van der Waals surface area (Å²) in [6, 6.07) is 6.92. The van der Waals surface area contributed by atoms with Crippen LogP contribution in [0.2, 0.25) is 0 Å². The lowest BCUT2D eigenvalue weighted by Gasteiger charge is -2.31. The Labute approximate surface area is 161 Å². The number of H-pyrrole nitrogens is 1. The van der Waals surface area contributed by atoms with E-state index in [0.29, 0.717) is 42.5 Å². The van der Waals surface area contributed by atoms with Crippen molar-refractivity contribution in [2.75, 3.05) is 18.8 Å². The summed E-state index contributed by atoms with van der Waals surface area (Å²) in [5.74, 6) is -0.258. The quantitative estimate of drug-likeness (QED) is 0.666. The molecule has 0 spiro atoms. The van der Waals surface area contributed by atoms with E-state index in [4.69, 9.17) is 0 Å². The van der Waals surface area contributed by atoms with Crippen LogP contribution in [0.25, 0.3) is 16.6 Å². The Kier molecular flexibility index (Phi) is 4.68. The van der Waals surface area contributed by atoms with Crippen LogP contribution in [-0.4, -0.2) is 58.1 Å². The first-order valence-corrected chi connectivity index (χ1v) is 10.8. The van der Waals surface area contributed by atoms with Gasteiger partial charge in [-0.05, 0) is 31.9 Å². The van der Waals surface area contributed by atoms with Crippen LogP contribution in [0.1, 0.15) is 30.1 Å². The zero-order chi connectivity index (χ0) is 19.9. The van der Waals surface area contributed by atoms with Crippen molar-refractivity contribution in [3.63, 3.8) is 0 Å². The molecule has 0 atom stereocenters. The molecular weight excluding hydrogens is 382 g/mol. The maximum atomic E-state index is 12.8. The SMILES string of the molecule is CCS(=O)(=O)N1CCC(NC(=O)c2cnn3c2[nH]c(=O)c2ccccc23)CC1. The number of fused-ring (bicyclic) bond motifs is 3. The molecule has 1 fully saturated rings. The summed E-state index contributed by atoms with van der Waals surface area (Å²) in [7, 11) is -3.20. The molecule has 0 saturated carbocycles. The van der Waals surface area contributed by atoms with E-state index in [2.05, 4.69) is 15.4 Å². The second-order valence-corrected chi connectivity index (χ2v) is 9.09. The predicted octanol–water partition coefficient (Wildman–Crippen LogP) is 0.720. The number of aromatic nitrogens is 3. The molecule has 3 heterocycles. The molecule has 0 unspecified atom stereocenters. The Morgan fingerprint density at radius 3 is 2.71 bits per heavy atom. The van der Waals surface area contributed by atoms with Gasteiger partial charge in [0.2, 0.25) is 10.0 Å². The third-order valence-corrected chi connectivity index (χ3v) is 7.05. The van der Waals surface area contributed by atoms with Gasteiger partial charge in [-0.2, -0.15) is 5.10 Å². The van der Waals surface area contributed by atoms with Crippen LogP contribution < -0.4 is 10.9 Å². The van der Waals surface area contributed by atoms with Gasteiger partial charge in [0.25, 0.3) is 11.5 Å². The number of benzene rings is 1. The number of sulfonamides is 1. The minimum atomic E-state index is -3.20. The largest absolute Gasteiger partial charge is 0.349 e. The molecule has 2 N–H and O–H groups in total. The summed E-state index contributed by atoms with van der Waals surface area (Å²) in [6.45, 7) is 2.40. The topological polar surface area (TPSA) is 117 Å². The average molecular weight is 403 g/mol. The van der Waals surface area contributed by atoms with E-state index in [1.165, 1.54) is 10.5 Å². The highest BCUT2D eigenvalue weighted by Crippen LogP contribution is 2.17. The Bertz CT molecular complexity index is 1210. The van der Waals surface area contributed by atoms with Gasteiger partial charge in [-0.15, -0.1) is 0 Å². The number of amides is 1. The molecule has 0 radical (unpaired) electrons. The molecule has 1 aromatic carbocycles. The molecule has 10 heteroatoms. The van der Waals surface area contributed by atoms with Crippen molar-refractivity contribution in [2.45, 2.75) is 25.8 Å². The molecule has 28 heavy (non-hydrogen) atoms. The van der Waals surface area contributed by atoms with Gasteiger partial charge in [0.05, 0.1) is 22.9 Å². The van der Waals surface area contributed by atoms with Gasteiger partial charge >= 0.3 is 0 Å². The number of nitrogens with one attached hydrogen (secondary N) is 2. The minimum absolute atomic E-state index is 0.0771. The second kappa shape index (κ2) is 7.02. The van der Waals surface area contributed by atoms with E-state index >= 15 is 0 Å². The van der Waals surface area contributed by atoms with Crippen LogP contribution >= 0.6 is 0 Å². The van der Waals surface area contributed by atoms with Gasteiger partial charge in [-0.3, -0.25) is 9.59 Å². The number of carbonyl (C=O) groups is 1. The second-order valence-electron chi connectivity index (χ2n) is 6.84. The van der Waals surface area contributed by atoms with Crippen molar-refractivity contribution in [1.29, 1.82) is 0 Å². The summed E-state index contributed by atoms with van der Waals surface area (Å²) in [5.41, 5.74) is 0.966. The molecule has 1 aliphatic heterocycles. The van der Waals surface area contributed by atoms with Crippen LogP contribution in [0.4, 0.5) is 0 Å². The number of para-hydroxylation sites is 1. The lowest BCUT2D eigenvalue weighted by Crippen LogP contribution is -2.46. The van der Waals surface area contributed by atoms with Gasteiger partial charge in [0.15, 0.2) is 0 Å². The van der Waals surface area contributed by atoms with Crippen molar-refractivity contribution in [2.24, 2.45) is 0 Å². The number of hydrogen-bond acceptors (Lipinski definition) is 5. The number of carbonyl (C=O) groups excluding carboxylic acids is 1. The Morgan fingerprint density at radius 2 is 2.00 bits per heavy atom. The summed E-state index contributed by atoms with van der Waals surface area (Å²) < 4.78 is 26.9. The van der Waals surface area contributed by atoms with Gasteiger partial charge in [-0.1, -0.05) is 12.1 Å². The maximum absolute atomic E-state index is 12.8. The normalized spacial score (nSPS) is 16.6. The molecule has 0 bridgehead atoms. The van der Waals surface area contributed by atoms with E-state index in [0.717, 1.165) is 0 Å². The highest BCUT2D eigenvalue weighted by Gasteiger charge is 2.28. The van der Waals surface area contributed by atoms with Crippen LogP contribution in [0, 0.1) is 0 Å².